The van der Waals surface area contributed by atoms with Crippen LogP contribution >= 0.6 is 7.67 Å². The van der Waals surface area contributed by atoms with Gasteiger partial charge in [0.15, 0.2) is 0 Å². The molecule has 5 heteroatoms. The van der Waals surface area contributed by atoms with Crippen molar-refractivity contribution in [3.8, 4) is 12.3 Å². The minimum Gasteiger partial charge on any atom is -0.301 e. The molecule has 0 N–H and O–H groups in total. The second-order valence-corrected chi connectivity index (χ2v) is 5.01. The van der Waals surface area contributed by atoms with Crippen molar-refractivity contribution in [1.82, 2.24) is 9.34 Å². The Bertz CT molecular complexity index is 305. The van der Waals surface area contributed by atoms with Crippen molar-refractivity contribution >= 4 is 7.67 Å². The monoisotopic (exact) mass is 186 g/mol. The van der Waals surface area contributed by atoms with Gasteiger partial charge < -0.3 is 4.52 Å². The molecule has 12 heavy (non-hydrogen) atoms. The van der Waals surface area contributed by atoms with Gasteiger partial charge in [0.1, 0.15) is 5.70 Å². The molecule has 1 heterocycles. The van der Waals surface area contributed by atoms with Gasteiger partial charge in [-0.1, -0.05) is 5.92 Å². The summed E-state index contributed by atoms with van der Waals surface area (Å²) in [4.78, 5) is 0. The molecule has 0 saturated heterocycles. The Kier molecular flexibility index (Phi) is 2.18. The number of hydrogen-bond acceptors (Lipinski definition) is 2. The van der Waals surface area contributed by atoms with E-state index in [-0.39, 0.29) is 0 Å². The van der Waals surface area contributed by atoms with Crippen molar-refractivity contribution in [1.29, 1.82) is 0 Å². The molecule has 0 aliphatic carbocycles. The Morgan fingerprint density at radius 3 is 2.50 bits per heavy atom. The molecule has 4 nitrogen and oxygen atoms in total. The first-order valence-corrected chi connectivity index (χ1v) is 4.91. The van der Waals surface area contributed by atoms with Gasteiger partial charge in [-0.2, -0.15) is 0 Å². The number of nitrogens with zero attached hydrogens (tertiary/aromatic N) is 2. The summed E-state index contributed by atoms with van der Waals surface area (Å²) >= 11 is 0. The van der Waals surface area contributed by atoms with Crippen LogP contribution in [0.5, 0.6) is 0 Å². The maximum Gasteiger partial charge on any atom is 0.396 e. The molecule has 66 valence electrons. The second-order valence-electron chi connectivity index (χ2n) is 2.43. The molecule has 1 unspecified atom stereocenters. The first kappa shape index (κ1) is 9.18. The molecule has 1 rings (SSSR count). The van der Waals surface area contributed by atoms with Crippen LogP contribution in [0.15, 0.2) is 11.9 Å². The average Bonchev–Trinajstić information content (AvgIpc) is 2.30. The van der Waals surface area contributed by atoms with Gasteiger partial charge in [-0.05, 0) is 0 Å². The number of hydrogen-bond donors (Lipinski definition) is 0. The zero-order valence-electron chi connectivity index (χ0n) is 7.31. The van der Waals surface area contributed by atoms with Crippen molar-refractivity contribution in [2.75, 3.05) is 21.2 Å². The fraction of sp³-hybridized carbons (Fsp3) is 0.429. The lowest BCUT2D eigenvalue weighted by Crippen LogP contribution is -2.15. The lowest BCUT2D eigenvalue weighted by Gasteiger charge is -2.25. The molecular formula is C7H11N2O2P. The summed E-state index contributed by atoms with van der Waals surface area (Å²) < 4.78 is 19.8. The predicted octanol–water partition coefficient (Wildman–Crippen LogP) is 1.09. The fourth-order valence-corrected chi connectivity index (χ4v) is 2.63. The van der Waals surface area contributed by atoms with Crippen LogP contribution in [0.2, 0.25) is 0 Å². The quantitative estimate of drug-likeness (QED) is 0.453. The van der Waals surface area contributed by atoms with Gasteiger partial charge in [0.2, 0.25) is 0 Å². The molecule has 0 bridgehead atoms. The predicted molar refractivity (Wildman–Crippen MR) is 47.1 cm³/mol. The summed E-state index contributed by atoms with van der Waals surface area (Å²) in [6.07, 6.45) is 6.83. The maximum atomic E-state index is 11.9. The molecular weight excluding hydrogens is 175 g/mol. The van der Waals surface area contributed by atoms with E-state index < -0.39 is 7.67 Å². The van der Waals surface area contributed by atoms with Gasteiger partial charge >= 0.3 is 7.67 Å². The minimum atomic E-state index is -2.87. The first-order valence-electron chi connectivity index (χ1n) is 3.38. The second kappa shape index (κ2) is 2.85. The molecule has 0 radical (unpaired) electrons. The van der Waals surface area contributed by atoms with E-state index in [1.165, 1.54) is 16.5 Å². The highest BCUT2D eigenvalue weighted by Crippen LogP contribution is 2.57. The highest BCUT2D eigenvalue weighted by atomic mass is 31.2. The third-order valence-corrected chi connectivity index (χ3v) is 4.18. The number of allylic oxidation sites excluding steroid dienone is 1. The molecule has 0 aromatic rings. The highest BCUT2D eigenvalue weighted by molar-refractivity contribution is 7.54. The van der Waals surface area contributed by atoms with E-state index in [2.05, 4.69) is 5.92 Å². The molecule has 0 saturated carbocycles. The van der Waals surface area contributed by atoms with Crippen molar-refractivity contribution in [2.24, 2.45) is 0 Å². The molecule has 1 atom stereocenters. The van der Waals surface area contributed by atoms with E-state index in [0.29, 0.717) is 5.70 Å². The third kappa shape index (κ3) is 1.03. The van der Waals surface area contributed by atoms with E-state index in [4.69, 9.17) is 10.9 Å². The lowest BCUT2D eigenvalue weighted by molar-refractivity contribution is 0.323. The summed E-state index contributed by atoms with van der Waals surface area (Å²) in [5, 5.41) is 0. The van der Waals surface area contributed by atoms with Crippen molar-refractivity contribution in [3.05, 3.63) is 11.9 Å². The molecule has 0 aromatic carbocycles. The molecule has 1 aliphatic heterocycles. The van der Waals surface area contributed by atoms with Gasteiger partial charge in [0.25, 0.3) is 0 Å². The van der Waals surface area contributed by atoms with E-state index in [0.717, 1.165) is 0 Å². The van der Waals surface area contributed by atoms with Crippen LogP contribution < -0.4 is 0 Å². The average molecular weight is 186 g/mol. The van der Waals surface area contributed by atoms with Crippen molar-refractivity contribution < 1.29 is 9.09 Å². The number of rotatable bonds is 1. The normalized spacial score (nSPS) is 28.7. The van der Waals surface area contributed by atoms with E-state index in [1.54, 1.807) is 20.3 Å². The minimum absolute atomic E-state index is 0.572. The molecule has 0 amide bonds. The van der Waals surface area contributed by atoms with E-state index in [9.17, 15) is 4.57 Å². The van der Waals surface area contributed by atoms with Gasteiger partial charge in [0.05, 0.1) is 0 Å². The van der Waals surface area contributed by atoms with Crippen LogP contribution in [0.3, 0.4) is 0 Å². The van der Waals surface area contributed by atoms with Crippen LogP contribution in [0, 0.1) is 12.3 Å². The van der Waals surface area contributed by atoms with Crippen LogP contribution in [0.4, 0.5) is 0 Å². The summed E-state index contributed by atoms with van der Waals surface area (Å²) in [5.74, 6) is 2.43. The van der Waals surface area contributed by atoms with Gasteiger partial charge in [-0.3, -0.25) is 9.34 Å². The Balaban J connectivity index is 3.05. The first-order chi connectivity index (χ1) is 5.56. The van der Waals surface area contributed by atoms with Crippen molar-refractivity contribution in [3.63, 3.8) is 0 Å². The Morgan fingerprint density at radius 1 is 1.67 bits per heavy atom. The zero-order valence-corrected chi connectivity index (χ0v) is 8.21. The molecule has 0 spiro atoms. The molecule has 0 fully saturated rings. The zero-order chi connectivity index (χ0) is 9.35. The highest BCUT2D eigenvalue weighted by Gasteiger charge is 2.38. The molecule has 0 aromatic heterocycles. The van der Waals surface area contributed by atoms with Crippen LogP contribution in [-0.4, -0.2) is 30.5 Å². The number of terminal acetylenes is 1. The topological polar surface area (TPSA) is 32.8 Å². The largest absolute Gasteiger partial charge is 0.396 e. The third-order valence-electron chi connectivity index (χ3n) is 1.82. The van der Waals surface area contributed by atoms with E-state index >= 15 is 0 Å². The van der Waals surface area contributed by atoms with Gasteiger partial charge in [0, 0.05) is 27.4 Å². The van der Waals surface area contributed by atoms with Crippen LogP contribution in [0.25, 0.3) is 0 Å². The van der Waals surface area contributed by atoms with Gasteiger partial charge in [-0.15, -0.1) is 6.42 Å². The van der Waals surface area contributed by atoms with E-state index in [1.807, 2.05) is 0 Å². The lowest BCUT2D eigenvalue weighted by atomic mass is 10.5. The van der Waals surface area contributed by atoms with Crippen LogP contribution in [0.1, 0.15) is 0 Å². The smallest absolute Gasteiger partial charge is 0.301 e. The fourth-order valence-electron chi connectivity index (χ4n) is 1.06. The van der Waals surface area contributed by atoms with Gasteiger partial charge in [-0.25, -0.2) is 4.57 Å². The summed E-state index contributed by atoms with van der Waals surface area (Å²) in [6.45, 7) is 0. The summed E-state index contributed by atoms with van der Waals surface area (Å²) in [6, 6.07) is 0. The van der Waals surface area contributed by atoms with Crippen LogP contribution in [-0.2, 0) is 9.09 Å². The molecule has 1 aliphatic rings. The summed E-state index contributed by atoms with van der Waals surface area (Å²) in [7, 11) is 1.85. The Labute approximate surface area is 72.4 Å². The Morgan fingerprint density at radius 2 is 2.25 bits per heavy atom. The summed E-state index contributed by atoms with van der Waals surface area (Å²) in [5.41, 5.74) is 0.572. The maximum absolute atomic E-state index is 11.9. The Hall–Kier alpha value is -0.910. The van der Waals surface area contributed by atoms with Crippen molar-refractivity contribution in [2.45, 2.75) is 0 Å². The SMILES string of the molecule is C#CC1=CN(C)P(=O)(OC)N1C. The standard InChI is InChI=1S/C7H11N2O2P/c1-5-7-6-8(2)12(10,11-4)9(7)3/h1,6H,2-4H3.